The summed E-state index contributed by atoms with van der Waals surface area (Å²) in [5.41, 5.74) is 0.332. The average molecular weight is 385 g/mol. The first-order valence-electron chi connectivity index (χ1n) is 8.00. The largest absolute Gasteiger partial charge is 0.386 e. The predicted molar refractivity (Wildman–Crippen MR) is 105 cm³/mol. The molecule has 0 aliphatic carbocycles. The smallest absolute Gasteiger partial charge is 0.150 e. The van der Waals surface area contributed by atoms with E-state index in [4.69, 9.17) is 23.2 Å². The zero-order chi connectivity index (χ0) is 19.4. The van der Waals surface area contributed by atoms with Crippen molar-refractivity contribution in [3.8, 4) is 0 Å². The molecule has 0 radical (unpaired) electrons. The van der Waals surface area contributed by atoms with E-state index >= 15 is 0 Å². The molecular weight excluding hydrogens is 362 g/mol. The van der Waals surface area contributed by atoms with Gasteiger partial charge >= 0.3 is 0 Å². The van der Waals surface area contributed by atoms with Gasteiger partial charge in [0, 0.05) is 29.8 Å². The number of rotatable bonds is 3. The Morgan fingerprint density at radius 2 is 1.92 bits per heavy atom. The van der Waals surface area contributed by atoms with Gasteiger partial charge in [-0.2, -0.15) is 0 Å². The molecule has 1 aromatic heterocycles. The van der Waals surface area contributed by atoms with E-state index in [2.05, 4.69) is 9.98 Å². The van der Waals surface area contributed by atoms with Crippen molar-refractivity contribution in [1.82, 2.24) is 4.98 Å². The molecule has 3 nitrogen and oxygen atoms in total. The number of fused-ring (bicyclic) bond motifs is 1. The molecule has 6 heteroatoms. The predicted octanol–water partition coefficient (Wildman–Crippen LogP) is 5.84. The van der Waals surface area contributed by atoms with Crippen molar-refractivity contribution in [2.24, 2.45) is 4.99 Å². The molecule has 0 aliphatic heterocycles. The van der Waals surface area contributed by atoms with Gasteiger partial charge in [0.1, 0.15) is 11.3 Å². The highest BCUT2D eigenvalue weighted by Crippen LogP contribution is 2.34. The van der Waals surface area contributed by atoms with E-state index in [9.17, 15) is 9.50 Å². The van der Waals surface area contributed by atoms with Gasteiger partial charge in [-0.05, 0) is 32.9 Å². The lowest BCUT2D eigenvalue weighted by molar-refractivity contribution is 0.0785. The summed E-state index contributed by atoms with van der Waals surface area (Å²) in [5.74, 6) is -0.525. The van der Waals surface area contributed by atoms with Crippen LogP contribution in [0.25, 0.3) is 10.9 Å². The van der Waals surface area contributed by atoms with Crippen LogP contribution < -0.4 is 0 Å². The van der Waals surface area contributed by atoms with E-state index in [1.54, 1.807) is 40.0 Å². The van der Waals surface area contributed by atoms with E-state index in [1.165, 1.54) is 12.3 Å². The first kappa shape index (κ1) is 21.6. The van der Waals surface area contributed by atoms with Crippen molar-refractivity contribution < 1.29 is 9.50 Å². The van der Waals surface area contributed by atoms with Crippen LogP contribution in [-0.4, -0.2) is 22.8 Å². The van der Waals surface area contributed by atoms with Crippen LogP contribution in [0.1, 0.15) is 45.7 Å². The van der Waals surface area contributed by atoms with Crippen molar-refractivity contribution in [3.63, 3.8) is 0 Å². The molecule has 2 rings (SSSR count). The monoisotopic (exact) mass is 384 g/mol. The minimum absolute atomic E-state index is 0.138. The molecule has 0 bridgehead atoms. The average Bonchev–Trinajstić information content (AvgIpc) is 2.57. The fourth-order valence-corrected chi connectivity index (χ4v) is 2.92. The Bertz CT molecular complexity index is 824. The Labute approximate surface area is 158 Å². The minimum atomic E-state index is -1.19. The van der Waals surface area contributed by atoms with Crippen LogP contribution in [-0.2, 0) is 5.60 Å². The second kappa shape index (κ2) is 8.75. The summed E-state index contributed by atoms with van der Waals surface area (Å²) in [6, 6.07) is 3.00. The van der Waals surface area contributed by atoms with Crippen molar-refractivity contribution in [2.45, 2.75) is 40.2 Å². The normalized spacial score (nSPS) is 12.9. The maximum absolute atomic E-state index is 14.4. The maximum atomic E-state index is 14.4. The van der Waals surface area contributed by atoms with Gasteiger partial charge in [-0.3, -0.25) is 9.98 Å². The van der Waals surface area contributed by atoms with E-state index in [-0.39, 0.29) is 10.5 Å². The van der Waals surface area contributed by atoms with Crippen molar-refractivity contribution >= 4 is 39.8 Å². The highest BCUT2D eigenvalue weighted by atomic mass is 35.5. The number of aromatic nitrogens is 1. The zero-order valence-corrected chi connectivity index (χ0v) is 16.8. The van der Waals surface area contributed by atoms with E-state index < -0.39 is 11.4 Å². The fraction of sp³-hybridized carbons (Fsp3) is 0.368. The van der Waals surface area contributed by atoms with Gasteiger partial charge < -0.3 is 5.11 Å². The molecule has 0 unspecified atom stereocenters. The minimum Gasteiger partial charge on any atom is -0.386 e. The van der Waals surface area contributed by atoms with Gasteiger partial charge in [-0.15, -0.1) is 0 Å². The van der Waals surface area contributed by atoms with Crippen LogP contribution in [0.5, 0.6) is 0 Å². The summed E-state index contributed by atoms with van der Waals surface area (Å²) in [5, 5.41) is 11.3. The summed E-state index contributed by atoms with van der Waals surface area (Å²) in [6.07, 6.45) is 3.07. The summed E-state index contributed by atoms with van der Waals surface area (Å²) in [7, 11) is 1.58. The van der Waals surface area contributed by atoms with Crippen LogP contribution in [0.2, 0.25) is 5.02 Å². The number of benzene rings is 1. The molecule has 1 heterocycles. The highest BCUT2D eigenvalue weighted by molar-refractivity contribution is 6.46. The molecule has 0 spiro atoms. The Morgan fingerprint density at radius 1 is 1.32 bits per heavy atom. The topological polar surface area (TPSA) is 45.5 Å². The lowest BCUT2D eigenvalue weighted by Gasteiger charge is -2.20. The molecule has 136 valence electrons. The summed E-state index contributed by atoms with van der Waals surface area (Å²) < 4.78 is 14.4. The Morgan fingerprint density at radius 3 is 2.40 bits per heavy atom. The molecule has 0 fully saturated rings. The first-order chi connectivity index (χ1) is 11.7. The molecule has 0 atom stereocenters. The number of hydrogen-bond acceptors (Lipinski definition) is 3. The summed E-state index contributed by atoms with van der Waals surface area (Å²) in [4.78, 5) is 8.21. The van der Waals surface area contributed by atoms with E-state index in [1.807, 2.05) is 13.8 Å². The number of hydrogen-bond donors (Lipinski definition) is 1. The quantitative estimate of drug-likeness (QED) is 0.675. The van der Waals surface area contributed by atoms with Crippen LogP contribution in [0, 0.1) is 5.82 Å². The number of aliphatic imine (C=N–C) groups is 1. The van der Waals surface area contributed by atoms with Crippen LogP contribution in [0.15, 0.2) is 34.4 Å². The van der Waals surface area contributed by atoms with E-state index in [0.29, 0.717) is 27.3 Å². The van der Waals surface area contributed by atoms with Crippen LogP contribution >= 0.6 is 23.2 Å². The zero-order valence-electron chi connectivity index (χ0n) is 15.3. The molecule has 1 aromatic carbocycles. The molecule has 1 N–H and O–H groups in total. The summed E-state index contributed by atoms with van der Waals surface area (Å²) >= 11 is 12.5. The lowest BCUT2D eigenvalue weighted by atomic mass is 9.97. The summed E-state index contributed by atoms with van der Waals surface area (Å²) in [6.45, 7) is 8.96. The molecule has 2 aromatic rings. The van der Waals surface area contributed by atoms with Gasteiger partial charge in [0.05, 0.1) is 21.4 Å². The molecule has 0 amide bonds. The van der Waals surface area contributed by atoms with Gasteiger partial charge in [0.15, 0.2) is 0 Å². The highest BCUT2D eigenvalue weighted by Gasteiger charge is 2.23. The van der Waals surface area contributed by atoms with Gasteiger partial charge in [0.2, 0.25) is 0 Å². The van der Waals surface area contributed by atoms with Gasteiger partial charge in [-0.25, -0.2) is 4.39 Å². The number of halogens is 3. The molecule has 0 saturated carbocycles. The standard InChI is InChI=1S/C17H17Cl2FN2O.C2H6/c1-5-12(18)15(21-4)9-6-10-14(19)11(17(2,3)23)8-22-16(10)13(20)7-9;1-2/h5-8,23H,1-4H3;1-2H3/b12-5+,21-15?;. The van der Waals surface area contributed by atoms with Crippen LogP contribution in [0.3, 0.4) is 0 Å². The Balaban J connectivity index is 0.00000151. The SMILES string of the molecule is C/C=C(/Cl)C(=NC)c1cc(F)c2ncc(C(C)(C)O)c(Cl)c2c1.CC. The Hall–Kier alpha value is -1.49. The van der Waals surface area contributed by atoms with Crippen molar-refractivity contribution in [3.05, 3.63) is 51.4 Å². The van der Waals surface area contributed by atoms with E-state index in [0.717, 1.165) is 0 Å². The fourth-order valence-electron chi connectivity index (χ4n) is 2.30. The van der Waals surface area contributed by atoms with Crippen LogP contribution in [0.4, 0.5) is 4.39 Å². The molecule has 0 aliphatic rings. The first-order valence-corrected chi connectivity index (χ1v) is 8.76. The second-order valence-electron chi connectivity index (χ2n) is 5.61. The van der Waals surface area contributed by atoms with Crippen molar-refractivity contribution in [2.75, 3.05) is 7.05 Å². The van der Waals surface area contributed by atoms with Gasteiger partial charge in [0.25, 0.3) is 0 Å². The van der Waals surface area contributed by atoms with Gasteiger partial charge in [-0.1, -0.05) is 43.1 Å². The molecule has 0 saturated heterocycles. The Kier molecular flexibility index (Phi) is 7.54. The number of allylic oxidation sites excluding steroid dienone is 2. The maximum Gasteiger partial charge on any atom is 0.150 e. The number of nitrogens with zero attached hydrogens (tertiary/aromatic N) is 2. The number of pyridine rings is 1. The van der Waals surface area contributed by atoms with Crippen molar-refractivity contribution in [1.29, 1.82) is 0 Å². The third-order valence-corrected chi connectivity index (χ3v) is 4.30. The molecule has 25 heavy (non-hydrogen) atoms. The third kappa shape index (κ3) is 4.57. The third-order valence-electron chi connectivity index (χ3n) is 3.49. The lowest BCUT2D eigenvalue weighted by Crippen LogP contribution is -2.16. The number of aliphatic hydroxyl groups is 1. The second-order valence-corrected chi connectivity index (χ2v) is 6.39. The molecular formula is C19H23Cl2FN2O.